The first-order valence-electron chi connectivity index (χ1n) is 9.85. The van der Waals surface area contributed by atoms with Crippen molar-refractivity contribution in [1.29, 1.82) is 5.26 Å². The molecule has 6 nitrogen and oxygen atoms in total. The third-order valence-corrected chi connectivity index (χ3v) is 6.16. The van der Waals surface area contributed by atoms with E-state index < -0.39 is 11.9 Å². The van der Waals surface area contributed by atoms with Crippen LogP contribution in [0.15, 0.2) is 29.8 Å². The zero-order valence-corrected chi connectivity index (χ0v) is 18.1. The molecule has 1 N–H and O–H groups in total. The summed E-state index contributed by atoms with van der Waals surface area (Å²) >= 11 is 1.40. The predicted molar refractivity (Wildman–Crippen MR) is 117 cm³/mol. The standard InChI is InChI=1S/C23H24N2O4S/c1-4-29-23(27)20-18-9-8-14(2)10-19(18)30-22(20)25-21(26)16(13-24)11-15-6-5-7-17(12-15)28-3/h5-7,11-12,14H,4,8-10H2,1-3H3,(H,25,26)/b16-11+. The van der Waals surface area contributed by atoms with Gasteiger partial charge < -0.3 is 14.8 Å². The number of amides is 1. The number of carbonyl (C=O) groups excluding carboxylic acids is 2. The Morgan fingerprint density at radius 1 is 1.40 bits per heavy atom. The quantitative estimate of drug-likeness (QED) is 0.416. The molecule has 0 saturated carbocycles. The first-order valence-corrected chi connectivity index (χ1v) is 10.7. The summed E-state index contributed by atoms with van der Waals surface area (Å²) in [5, 5.41) is 12.8. The zero-order valence-electron chi connectivity index (χ0n) is 17.3. The molecule has 0 bridgehead atoms. The van der Waals surface area contributed by atoms with E-state index in [0.29, 0.717) is 27.8 Å². The number of fused-ring (bicyclic) bond motifs is 1. The molecule has 1 atom stereocenters. The fraction of sp³-hybridized carbons (Fsp3) is 0.348. The lowest BCUT2D eigenvalue weighted by Crippen LogP contribution is -2.17. The lowest BCUT2D eigenvalue weighted by atomic mass is 9.88. The first-order chi connectivity index (χ1) is 14.5. The molecule has 1 amide bonds. The molecule has 0 saturated heterocycles. The number of hydrogen-bond donors (Lipinski definition) is 1. The molecule has 1 aromatic carbocycles. The largest absolute Gasteiger partial charge is 0.497 e. The lowest BCUT2D eigenvalue weighted by molar-refractivity contribution is -0.112. The van der Waals surface area contributed by atoms with E-state index in [1.807, 2.05) is 6.07 Å². The number of ether oxygens (including phenoxy) is 2. The highest BCUT2D eigenvalue weighted by molar-refractivity contribution is 7.17. The molecule has 2 aromatic rings. The molecule has 30 heavy (non-hydrogen) atoms. The summed E-state index contributed by atoms with van der Waals surface area (Å²) in [4.78, 5) is 26.5. The number of esters is 1. The van der Waals surface area contributed by atoms with Crippen LogP contribution in [0.5, 0.6) is 5.75 Å². The number of rotatable bonds is 6. The maximum atomic E-state index is 12.8. The molecule has 0 spiro atoms. The van der Waals surface area contributed by atoms with Gasteiger partial charge >= 0.3 is 5.97 Å². The number of nitrogens with zero attached hydrogens (tertiary/aromatic N) is 1. The first kappa shape index (κ1) is 21.6. The van der Waals surface area contributed by atoms with Gasteiger partial charge in [-0.1, -0.05) is 19.1 Å². The van der Waals surface area contributed by atoms with E-state index in [0.717, 1.165) is 29.7 Å². The summed E-state index contributed by atoms with van der Waals surface area (Å²) < 4.78 is 10.4. The minimum atomic E-state index is -0.558. The number of benzene rings is 1. The Kier molecular flexibility index (Phi) is 6.91. The zero-order chi connectivity index (χ0) is 21.7. The Labute approximate surface area is 180 Å². The average Bonchev–Trinajstić information content (AvgIpc) is 3.08. The van der Waals surface area contributed by atoms with Crippen LogP contribution in [0, 0.1) is 17.2 Å². The van der Waals surface area contributed by atoms with Crippen molar-refractivity contribution >= 4 is 34.3 Å². The number of carbonyl (C=O) groups is 2. The molecule has 1 heterocycles. The van der Waals surface area contributed by atoms with Gasteiger partial charge in [-0.25, -0.2) is 4.79 Å². The molecular formula is C23H24N2O4S. The molecule has 156 valence electrons. The Balaban J connectivity index is 1.92. The molecule has 1 aliphatic rings. The van der Waals surface area contributed by atoms with Crippen LogP contribution in [0.1, 0.15) is 46.6 Å². The normalized spacial score (nSPS) is 15.7. The van der Waals surface area contributed by atoms with Crippen molar-refractivity contribution in [2.75, 3.05) is 19.0 Å². The van der Waals surface area contributed by atoms with Crippen molar-refractivity contribution in [3.8, 4) is 11.8 Å². The summed E-state index contributed by atoms with van der Waals surface area (Å²) in [6.45, 7) is 4.18. The Morgan fingerprint density at radius 3 is 2.90 bits per heavy atom. The third kappa shape index (κ3) is 4.71. The predicted octanol–water partition coefficient (Wildman–Crippen LogP) is 4.60. The van der Waals surface area contributed by atoms with Gasteiger partial charge in [0.1, 0.15) is 22.4 Å². The van der Waals surface area contributed by atoms with Crippen molar-refractivity contribution in [2.45, 2.75) is 33.1 Å². The van der Waals surface area contributed by atoms with Gasteiger partial charge in [0.25, 0.3) is 5.91 Å². The van der Waals surface area contributed by atoms with Gasteiger partial charge in [-0.05, 0) is 61.4 Å². The van der Waals surface area contributed by atoms with Gasteiger partial charge in [0, 0.05) is 4.88 Å². The van der Waals surface area contributed by atoms with Gasteiger partial charge in [-0.2, -0.15) is 5.26 Å². The summed E-state index contributed by atoms with van der Waals surface area (Å²) in [6.07, 6.45) is 4.13. The number of methoxy groups -OCH3 is 1. The fourth-order valence-electron chi connectivity index (χ4n) is 3.48. The lowest BCUT2D eigenvalue weighted by Gasteiger charge is -2.18. The van der Waals surface area contributed by atoms with E-state index in [-0.39, 0.29) is 12.2 Å². The highest BCUT2D eigenvalue weighted by atomic mass is 32.1. The number of nitrogens with one attached hydrogen (secondary N) is 1. The second-order valence-corrected chi connectivity index (χ2v) is 8.28. The van der Waals surface area contributed by atoms with Gasteiger partial charge in [0.15, 0.2) is 0 Å². The van der Waals surface area contributed by atoms with E-state index in [1.165, 1.54) is 17.4 Å². The van der Waals surface area contributed by atoms with Crippen molar-refractivity contribution < 1.29 is 19.1 Å². The molecule has 1 aliphatic carbocycles. The second kappa shape index (κ2) is 9.59. The van der Waals surface area contributed by atoms with E-state index in [2.05, 4.69) is 12.2 Å². The summed E-state index contributed by atoms with van der Waals surface area (Å²) in [5.74, 6) is 0.163. The van der Waals surface area contributed by atoms with Crippen LogP contribution in [-0.2, 0) is 22.4 Å². The number of hydrogen-bond acceptors (Lipinski definition) is 6. The number of thiophene rings is 1. The Morgan fingerprint density at radius 2 is 2.20 bits per heavy atom. The van der Waals surface area contributed by atoms with Gasteiger partial charge in [0.2, 0.25) is 0 Å². The highest BCUT2D eigenvalue weighted by Crippen LogP contribution is 2.40. The summed E-state index contributed by atoms with van der Waals surface area (Å²) in [5.41, 5.74) is 2.00. The SMILES string of the molecule is CCOC(=O)c1c(NC(=O)/C(C#N)=C/c2cccc(OC)c2)sc2c1CCC(C)C2. The molecule has 3 rings (SSSR count). The minimum Gasteiger partial charge on any atom is -0.497 e. The van der Waals surface area contributed by atoms with E-state index in [9.17, 15) is 14.9 Å². The van der Waals surface area contributed by atoms with Crippen LogP contribution in [0.3, 0.4) is 0 Å². The number of anilines is 1. The van der Waals surface area contributed by atoms with Crippen LogP contribution < -0.4 is 10.1 Å². The topological polar surface area (TPSA) is 88.4 Å². The van der Waals surface area contributed by atoms with E-state index >= 15 is 0 Å². The van der Waals surface area contributed by atoms with Crippen molar-refractivity contribution in [2.24, 2.45) is 5.92 Å². The van der Waals surface area contributed by atoms with Crippen LogP contribution in [0.4, 0.5) is 5.00 Å². The minimum absolute atomic E-state index is 0.0576. The average molecular weight is 425 g/mol. The summed E-state index contributed by atoms with van der Waals surface area (Å²) in [7, 11) is 1.55. The van der Waals surface area contributed by atoms with Gasteiger partial charge in [-0.15, -0.1) is 11.3 Å². The maximum Gasteiger partial charge on any atom is 0.341 e. The monoisotopic (exact) mass is 424 g/mol. The third-order valence-electron chi connectivity index (χ3n) is 4.99. The van der Waals surface area contributed by atoms with Crippen molar-refractivity contribution in [1.82, 2.24) is 0 Å². The summed E-state index contributed by atoms with van der Waals surface area (Å²) in [6, 6.07) is 9.03. The molecule has 1 unspecified atom stereocenters. The van der Waals surface area contributed by atoms with E-state index in [4.69, 9.17) is 9.47 Å². The maximum absolute atomic E-state index is 12.8. The molecule has 1 aromatic heterocycles. The molecule has 0 radical (unpaired) electrons. The van der Waals surface area contributed by atoms with Crippen molar-refractivity contribution in [3.63, 3.8) is 0 Å². The van der Waals surface area contributed by atoms with E-state index in [1.54, 1.807) is 38.3 Å². The molecule has 0 aliphatic heterocycles. The fourth-order valence-corrected chi connectivity index (χ4v) is 4.87. The van der Waals surface area contributed by atoms with Crippen molar-refractivity contribution in [3.05, 3.63) is 51.4 Å². The number of nitriles is 1. The molecule has 7 heteroatoms. The van der Waals surface area contributed by atoms with Crippen LogP contribution in [0.2, 0.25) is 0 Å². The second-order valence-electron chi connectivity index (χ2n) is 7.18. The van der Waals surface area contributed by atoms with Gasteiger partial charge in [-0.3, -0.25) is 4.79 Å². The van der Waals surface area contributed by atoms with Crippen LogP contribution in [-0.4, -0.2) is 25.6 Å². The molecular weight excluding hydrogens is 400 g/mol. The highest BCUT2D eigenvalue weighted by Gasteiger charge is 2.29. The van der Waals surface area contributed by atoms with Crippen LogP contribution in [0.25, 0.3) is 6.08 Å². The van der Waals surface area contributed by atoms with Gasteiger partial charge in [0.05, 0.1) is 19.3 Å². The smallest absolute Gasteiger partial charge is 0.341 e. The molecule has 0 fully saturated rings. The van der Waals surface area contributed by atoms with Crippen LogP contribution >= 0.6 is 11.3 Å². The Hall–Kier alpha value is -3.11. The Bertz CT molecular complexity index is 1030.